The Bertz CT molecular complexity index is 643. The van der Waals surface area contributed by atoms with Gasteiger partial charge in [0.25, 0.3) is 0 Å². The fourth-order valence-corrected chi connectivity index (χ4v) is 2.00. The molecule has 2 rings (SSSR count). The van der Waals surface area contributed by atoms with E-state index in [4.69, 9.17) is 0 Å². The van der Waals surface area contributed by atoms with Crippen molar-refractivity contribution in [3.05, 3.63) is 60.2 Å². The largest absolute Gasteiger partial charge is 0.499 e. The zero-order valence-corrected chi connectivity index (χ0v) is 12.5. The predicted octanol–water partition coefficient (Wildman–Crippen LogP) is 5.07. The average Bonchev–Trinajstić information content (AvgIpc) is 2.51. The molecule has 0 unspecified atom stereocenters. The first-order valence-corrected chi connectivity index (χ1v) is 7.20. The second-order valence-corrected chi connectivity index (χ2v) is 5.08. The molecular formula is C17H15F5NO. The predicted molar refractivity (Wildman–Crippen MR) is 80.2 cm³/mol. The van der Waals surface area contributed by atoms with Crippen molar-refractivity contribution in [2.45, 2.75) is 25.1 Å². The van der Waals surface area contributed by atoms with E-state index in [1.54, 1.807) is 18.2 Å². The molecule has 1 radical (unpaired) electrons. The van der Waals surface area contributed by atoms with Crippen LogP contribution in [0.4, 0.5) is 27.6 Å². The highest BCUT2D eigenvalue weighted by Gasteiger charge is 2.61. The highest BCUT2D eigenvalue weighted by molar-refractivity contribution is 5.42. The smallest absolute Gasteiger partial charge is 0.426 e. The van der Waals surface area contributed by atoms with Gasteiger partial charge >= 0.3 is 12.3 Å². The van der Waals surface area contributed by atoms with Crippen LogP contribution < -0.4 is 10.1 Å². The summed E-state index contributed by atoms with van der Waals surface area (Å²) >= 11 is 0. The van der Waals surface area contributed by atoms with Gasteiger partial charge in [-0.3, -0.25) is 0 Å². The third-order valence-electron chi connectivity index (χ3n) is 3.16. The molecule has 7 heteroatoms. The summed E-state index contributed by atoms with van der Waals surface area (Å²) in [6.45, 7) is 0.633. The van der Waals surface area contributed by atoms with Gasteiger partial charge in [0.2, 0.25) is 0 Å². The number of nitrogens with one attached hydrogen (secondary N) is 1. The van der Waals surface area contributed by atoms with Gasteiger partial charge in [-0.1, -0.05) is 24.3 Å². The lowest BCUT2D eigenvalue weighted by molar-refractivity contribution is -0.360. The van der Waals surface area contributed by atoms with Crippen LogP contribution in [0.25, 0.3) is 0 Å². The van der Waals surface area contributed by atoms with Gasteiger partial charge in [0, 0.05) is 12.2 Å². The van der Waals surface area contributed by atoms with Gasteiger partial charge in [-0.15, -0.1) is 0 Å². The number of hydrogen-bond donors (Lipinski definition) is 1. The molecule has 24 heavy (non-hydrogen) atoms. The summed E-state index contributed by atoms with van der Waals surface area (Å²) in [5.41, 5.74) is 1.55. The lowest BCUT2D eigenvalue weighted by Crippen LogP contribution is -2.41. The summed E-state index contributed by atoms with van der Waals surface area (Å²) in [5, 5.41) is 3.17. The average molecular weight is 344 g/mol. The number of ether oxygens (including phenoxy) is 1. The van der Waals surface area contributed by atoms with Gasteiger partial charge < -0.3 is 10.1 Å². The van der Waals surface area contributed by atoms with E-state index < -0.39 is 18.0 Å². The summed E-state index contributed by atoms with van der Waals surface area (Å²) < 4.78 is 66.0. The molecule has 0 fully saturated rings. The number of anilines is 1. The van der Waals surface area contributed by atoms with Crippen molar-refractivity contribution in [1.29, 1.82) is 0 Å². The highest BCUT2D eigenvalue weighted by atomic mass is 19.4. The first kappa shape index (κ1) is 18.0. The zero-order valence-electron chi connectivity index (χ0n) is 12.5. The zero-order chi connectivity index (χ0) is 17.6. The molecule has 0 aliphatic carbocycles. The molecule has 1 N–H and O–H groups in total. The van der Waals surface area contributed by atoms with Crippen molar-refractivity contribution in [3.8, 4) is 5.75 Å². The molecular weight excluding hydrogens is 329 g/mol. The van der Waals surface area contributed by atoms with Crippen molar-refractivity contribution in [3.63, 3.8) is 0 Å². The van der Waals surface area contributed by atoms with Crippen LogP contribution >= 0.6 is 0 Å². The van der Waals surface area contributed by atoms with Crippen molar-refractivity contribution >= 4 is 5.69 Å². The van der Waals surface area contributed by atoms with E-state index in [-0.39, 0.29) is 0 Å². The Morgan fingerprint density at radius 3 is 2.38 bits per heavy atom. The number of alkyl halides is 5. The Kier molecular flexibility index (Phi) is 5.64. The molecule has 2 aromatic carbocycles. The molecule has 0 aromatic heterocycles. The maximum Gasteiger partial charge on any atom is 0.499 e. The monoisotopic (exact) mass is 344 g/mol. The Labute approximate surface area is 136 Å². The van der Waals surface area contributed by atoms with Crippen LogP contribution in [0.2, 0.25) is 0 Å². The minimum absolute atomic E-state index is 0.513. The van der Waals surface area contributed by atoms with Gasteiger partial charge in [0.15, 0.2) is 0 Å². The number of rotatable bonds is 7. The number of halogens is 5. The minimum Gasteiger partial charge on any atom is -0.426 e. The second-order valence-electron chi connectivity index (χ2n) is 5.08. The van der Waals surface area contributed by atoms with Crippen LogP contribution in [0.15, 0.2) is 48.5 Å². The standard InChI is InChI=1S/C17H15F5NO/c18-16(19,20)17(21,22)24-15-10-4-6-13(12-15)7-5-11-23-14-8-2-1-3-9-14/h2-4,6,8-10,12,23H,5,7,11H2. The highest BCUT2D eigenvalue weighted by Crippen LogP contribution is 2.37. The molecule has 0 heterocycles. The van der Waals surface area contributed by atoms with Crippen molar-refractivity contribution in [1.82, 2.24) is 0 Å². The number of hydrogen-bond acceptors (Lipinski definition) is 2. The quantitative estimate of drug-likeness (QED) is 0.560. The summed E-state index contributed by atoms with van der Waals surface area (Å²) in [6, 6.07) is 15.4. The molecule has 0 spiro atoms. The fraction of sp³-hybridized carbons (Fsp3) is 0.294. The van der Waals surface area contributed by atoms with E-state index in [2.05, 4.69) is 16.1 Å². The topological polar surface area (TPSA) is 21.3 Å². The Hall–Kier alpha value is -2.31. The summed E-state index contributed by atoms with van der Waals surface area (Å²) in [4.78, 5) is 0. The van der Waals surface area contributed by atoms with Crippen molar-refractivity contribution < 1.29 is 26.7 Å². The molecule has 129 valence electrons. The summed E-state index contributed by atoms with van der Waals surface area (Å²) in [6.07, 6.45) is -9.77. The van der Waals surface area contributed by atoms with E-state index >= 15 is 0 Å². The third-order valence-corrected chi connectivity index (χ3v) is 3.16. The molecule has 0 saturated carbocycles. The molecule has 0 aliphatic heterocycles. The van der Waals surface area contributed by atoms with Crippen LogP contribution in [0, 0.1) is 6.07 Å². The van der Waals surface area contributed by atoms with Crippen molar-refractivity contribution in [2.24, 2.45) is 0 Å². The van der Waals surface area contributed by atoms with E-state index in [1.807, 2.05) is 12.1 Å². The minimum atomic E-state index is -5.75. The van der Waals surface area contributed by atoms with E-state index in [9.17, 15) is 22.0 Å². The number of aryl methyl sites for hydroxylation is 1. The summed E-state index contributed by atoms with van der Waals surface area (Å²) in [5.74, 6) is -0.513. The second kappa shape index (κ2) is 7.51. The van der Waals surface area contributed by atoms with Crippen LogP contribution in [0.5, 0.6) is 5.75 Å². The van der Waals surface area contributed by atoms with E-state index in [1.165, 1.54) is 12.1 Å². The summed E-state index contributed by atoms with van der Waals surface area (Å²) in [7, 11) is 0. The van der Waals surface area contributed by atoms with Crippen LogP contribution in [-0.2, 0) is 6.42 Å². The first-order chi connectivity index (χ1) is 11.3. The molecule has 0 aliphatic rings. The lowest BCUT2D eigenvalue weighted by atomic mass is 10.1. The molecule has 2 aromatic rings. The SMILES string of the molecule is FC(F)(F)C(F)(F)Oc1cccc(CCCNc2cc[c]cc2)c1. The molecule has 0 bridgehead atoms. The van der Waals surface area contributed by atoms with Gasteiger partial charge in [0.05, 0.1) is 0 Å². The third kappa shape index (κ3) is 5.11. The molecule has 2 nitrogen and oxygen atoms in total. The normalized spacial score (nSPS) is 12.0. The Morgan fingerprint density at radius 1 is 1.00 bits per heavy atom. The van der Waals surface area contributed by atoms with Crippen LogP contribution in [0.1, 0.15) is 12.0 Å². The lowest BCUT2D eigenvalue weighted by Gasteiger charge is -2.20. The van der Waals surface area contributed by atoms with Gasteiger partial charge in [-0.25, -0.2) is 0 Å². The van der Waals surface area contributed by atoms with Gasteiger partial charge in [-0.2, -0.15) is 22.0 Å². The first-order valence-electron chi connectivity index (χ1n) is 7.20. The number of benzene rings is 2. The van der Waals surface area contributed by atoms with Crippen LogP contribution in [-0.4, -0.2) is 18.8 Å². The molecule has 0 saturated heterocycles. The Morgan fingerprint density at radius 2 is 1.71 bits per heavy atom. The molecule has 0 atom stereocenters. The molecule has 0 amide bonds. The maximum atomic E-state index is 12.9. The van der Waals surface area contributed by atoms with Gasteiger partial charge in [0.1, 0.15) is 5.75 Å². The van der Waals surface area contributed by atoms with Crippen LogP contribution in [0.3, 0.4) is 0 Å². The van der Waals surface area contributed by atoms with Crippen molar-refractivity contribution in [2.75, 3.05) is 11.9 Å². The Balaban J connectivity index is 1.86. The fourth-order valence-electron chi connectivity index (χ4n) is 2.00. The maximum absolute atomic E-state index is 12.9. The van der Waals surface area contributed by atoms with E-state index in [0.717, 1.165) is 11.8 Å². The van der Waals surface area contributed by atoms with Gasteiger partial charge in [-0.05, 0) is 48.7 Å². The van der Waals surface area contributed by atoms with E-state index in [0.29, 0.717) is 24.9 Å².